The van der Waals surface area contributed by atoms with Crippen LogP contribution in [0.3, 0.4) is 0 Å². The summed E-state index contributed by atoms with van der Waals surface area (Å²) in [4.78, 5) is 7.87. The lowest BCUT2D eigenvalue weighted by molar-refractivity contribution is 0.262. The molecule has 2 aromatic carbocycles. The standard InChI is InChI=1S/C27H28N4O4S/c1-17-7-9-18(10-8-17)30-11-5-4-6-19(30)16-34-23-12-20(32-2)13-24-21(23)14-25(35-24)22-15-31-26(28-22)36-27(29-31)33-3/h7-10,12-15,19H,4-6,11,16H2,1-3H3. The van der Waals surface area contributed by atoms with Gasteiger partial charge in [-0.3, -0.25) is 0 Å². The quantitative estimate of drug-likeness (QED) is 0.270. The molecule has 0 spiro atoms. The fourth-order valence-electron chi connectivity index (χ4n) is 4.77. The van der Waals surface area contributed by atoms with Crippen molar-refractivity contribution in [3.63, 3.8) is 0 Å². The van der Waals surface area contributed by atoms with Gasteiger partial charge in [-0.25, -0.2) is 9.50 Å². The van der Waals surface area contributed by atoms with Crippen LogP contribution in [0, 0.1) is 6.92 Å². The predicted octanol–water partition coefficient (Wildman–Crippen LogP) is 5.97. The van der Waals surface area contributed by atoms with Gasteiger partial charge in [0.15, 0.2) is 5.76 Å². The van der Waals surface area contributed by atoms with Gasteiger partial charge in [0.1, 0.15) is 29.4 Å². The molecule has 1 saturated heterocycles. The number of anilines is 1. The molecule has 5 aromatic rings. The number of piperidine rings is 1. The molecule has 9 heteroatoms. The van der Waals surface area contributed by atoms with Crippen LogP contribution >= 0.6 is 11.3 Å². The minimum Gasteiger partial charge on any atom is -0.496 e. The number of aromatic nitrogens is 3. The highest BCUT2D eigenvalue weighted by atomic mass is 32.1. The summed E-state index contributed by atoms with van der Waals surface area (Å²) in [6.07, 6.45) is 5.34. The molecule has 4 heterocycles. The Hall–Kier alpha value is -3.72. The van der Waals surface area contributed by atoms with Gasteiger partial charge >= 0.3 is 0 Å². The Morgan fingerprint density at radius 3 is 2.72 bits per heavy atom. The molecule has 0 amide bonds. The Balaban J connectivity index is 1.29. The smallest absolute Gasteiger partial charge is 0.294 e. The van der Waals surface area contributed by atoms with E-state index in [1.54, 1.807) is 18.7 Å². The van der Waals surface area contributed by atoms with Crippen molar-refractivity contribution in [1.82, 2.24) is 14.6 Å². The molecule has 186 valence electrons. The summed E-state index contributed by atoms with van der Waals surface area (Å²) in [5.74, 6) is 2.09. The topological polar surface area (TPSA) is 74.3 Å². The first kappa shape index (κ1) is 22.7. The summed E-state index contributed by atoms with van der Waals surface area (Å²) in [6, 6.07) is 14.9. The van der Waals surface area contributed by atoms with E-state index >= 15 is 0 Å². The summed E-state index contributed by atoms with van der Waals surface area (Å²) in [5, 5.41) is 5.81. The first-order valence-electron chi connectivity index (χ1n) is 12.1. The number of hydrogen-bond acceptors (Lipinski definition) is 8. The van der Waals surface area contributed by atoms with Gasteiger partial charge in [-0.1, -0.05) is 17.7 Å². The molecule has 6 rings (SSSR count). The summed E-state index contributed by atoms with van der Waals surface area (Å²) in [5.41, 5.74) is 3.92. The first-order valence-corrected chi connectivity index (χ1v) is 12.9. The van der Waals surface area contributed by atoms with Crippen LogP contribution in [0.25, 0.3) is 27.4 Å². The van der Waals surface area contributed by atoms with Gasteiger partial charge in [-0.15, -0.1) is 5.10 Å². The van der Waals surface area contributed by atoms with E-state index in [9.17, 15) is 0 Å². The zero-order chi connectivity index (χ0) is 24.6. The highest BCUT2D eigenvalue weighted by Gasteiger charge is 2.24. The highest BCUT2D eigenvalue weighted by Crippen LogP contribution is 2.38. The highest BCUT2D eigenvalue weighted by molar-refractivity contribution is 7.18. The van der Waals surface area contributed by atoms with Crippen LogP contribution in [0.4, 0.5) is 5.69 Å². The average Bonchev–Trinajstić information content (AvgIpc) is 3.61. The minimum absolute atomic E-state index is 0.301. The zero-order valence-electron chi connectivity index (χ0n) is 20.6. The first-order chi connectivity index (χ1) is 17.6. The predicted molar refractivity (Wildman–Crippen MR) is 141 cm³/mol. The Morgan fingerprint density at radius 2 is 1.94 bits per heavy atom. The van der Waals surface area contributed by atoms with Crippen molar-refractivity contribution in [3.05, 3.63) is 54.2 Å². The maximum atomic E-state index is 6.47. The maximum absolute atomic E-state index is 6.47. The van der Waals surface area contributed by atoms with E-state index in [1.165, 1.54) is 35.4 Å². The monoisotopic (exact) mass is 504 g/mol. The van der Waals surface area contributed by atoms with E-state index in [2.05, 4.69) is 46.2 Å². The summed E-state index contributed by atoms with van der Waals surface area (Å²) < 4.78 is 25.1. The van der Waals surface area contributed by atoms with E-state index < -0.39 is 0 Å². The summed E-state index contributed by atoms with van der Waals surface area (Å²) in [7, 11) is 3.25. The number of aryl methyl sites for hydroxylation is 1. The van der Waals surface area contributed by atoms with Crippen molar-refractivity contribution in [3.8, 4) is 28.1 Å². The Bertz CT molecular complexity index is 1470. The number of imidazole rings is 1. The van der Waals surface area contributed by atoms with Crippen LogP contribution in [-0.4, -0.2) is 48.0 Å². The number of rotatable bonds is 7. The van der Waals surface area contributed by atoms with Gasteiger partial charge in [0.2, 0.25) is 4.96 Å². The van der Waals surface area contributed by atoms with Gasteiger partial charge < -0.3 is 23.5 Å². The molecule has 0 saturated carbocycles. The second kappa shape index (κ2) is 9.39. The van der Waals surface area contributed by atoms with Gasteiger partial charge in [0.25, 0.3) is 5.19 Å². The molecule has 0 N–H and O–H groups in total. The number of ether oxygens (including phenoxy) is 3. The largest absolute Gasteiger partial charge is 0.496 e. The fraction of sp³-hybridized carbons (Fsp3) is 0.333. The number of furan rings is 1. The molecule has 1 unspecified atom stereocenters. The zero-order valence-corrected chi connectivity index (χ0v) is 21.4. The van der Waals surface area contributed by atoms with E-state index in [0.717, 1.165) is 29.1 Å². The molecule has 1 aliphatic rings. The Morgan fingerprint density at radius 1 is 1.08 bits per heavy atom. The molecule has 0 aliphatic carbocycles. The average molecular weight is 505 g/mol. The third-order valence-corrected chi connectivity index (χ3v) is 7.57. The number of hydrogen-bond donors (Lipinski definition) is 0. The Kier molecular flexibility index (Phi) is 5.92. The van der Waals surface area contributed by atoms with Gasteiger partial charge in [-0.2, -0.15) is 0 Å². The lowest BCUT2D eigenvalue weighted by Gasteiger charge is -2.37. The van der Waals surface area contributed by atoms with Crippen molar-refractivity contribution in [2.75, 3.05) is 32.3 Å². The van der Waals surface area contributed by atoms with Crippen molar-refractivity contribution in [1.29, 1.82) is 0 Å². The van der Waals surface area contributed by atoms with E-state index in [4.69, 9.17) is 18.6 Å². The van der Waals surface area contributed by atoms with Gasteiger partial charge in [0.05, 0.1) is 31.8 Å². The molecular weight excluding hydrogens is 476 g/mol. The van der Waals surface area contributed by atoms with Crippen molar-refractivity contribution in [2.24, 2.45) is 0 Å². The maximum Gasteiger partial charge on any atom is 0.294 e. The minimum atomic E-state index is 0.301. The van der Waals surface area contributed by atoms with Crippen molar-refractivity contribution >= 4 is 33.0 Å². The Labute approximate surface area is 213 Å². The molecule has 8 nitrogen and oxygen atoms in total. The number of fused-ring (bicyclic) bond motifs is 2. The number of benzene rings is 2. The molecule has 0 bridgehead atoms. The SMILES string of the molecule is COc1cc(OCC2CCCCN2c2ccc(C)cc2)c2cc(-c3cn4nc(OC)sc4n3)oc2c1. The molecule has 1 fully saturated rings. The molecule has 0 radical (unpaired) electrons. The van der Waals surface area contributed by atoms with Gasteiger partial charge in [0, 0.05) is 24.4 Å². The normalized spacial score (nSPS) is 16.1. The lowest BCUT2D eigenvalue weighted by Crippen LogP contribution is -2.43. The van der Waals surface area contributed by atoms with Crippen LogP contribution in [0.1, 0.15) is 24.8 Å². The molecule has 1 aliphatic heterocycles. The number of nitrogens with zero attached hydrogens (tertiary/aromatic N) is 4. The van der Waals surface area contributed by atoms with E-state index in [1.807, 2.05) is 24.4 Å². The second-order valence-corrected chi connectivity index (χ2v) is 9.98. The summed E-state index contributed by atoms with van der Waals surface area (Å²) >= 11 is 1.38. The lowest BCUT2D eigenvalue weighted by atomic mass is 10.0. The van der Waals surface area contributed by atoms with E-state index in [0.29, 0.717) is 40.6 Å². The second-order valence-electron chi connectivity index (χ2n) is 9.06. The third kappa shape index (κ3) is 4.24. The molecule has 1 atom stereocenters. The molecular formula is C27H28N4O4S. The van der Waals surface area contributed by atoms with Gasteiger partial charge in [-0.05, 0) is 55.7 Å². The molecule has 36 heavy (non-hydrogen) atoms. The molecule has 3 aromatic heterocycles. The van der Waals surface area contributed by atoms with Crippen LogP contribution in [0.15, 0.2) is 53.1 Å². The van der Waals surface area contributed by atoms with Crippen LogP contribution < -0.4 is 19.1 Å². The fourth-order valence-corrected chi connectivity index (χ4v) is 5.46. The van der Waals surface area contributed by atoms with Crippen LogP contribution in [0.2, 0.25) is 0 Å². The van der Waals surface area contributed by atoms with Crippen LogP contribution in [-0.2, 0) is 0 Å². The number of methoxy groups -OCH3 is 2. The third-order valence-electron chi connectivity index (χ3n) is 6.68. The summed E-state index contributed by atoms with van der Waals surface area (Å²) in [6.45, 7) is 3.74. The van der Waals surface area contributed by atoms with Crippen molar-refractivity contribution < 1.29 is 18.6 Å². The van der Waals surface area contributed by atoms with Crippen molar-refractivity contribution in [2.45, 2.75) is 32.2 Å². The van der Waals surface area contributed by atoms with E-state index in [-0.39, 0.29) is 0 Å². The van der Waals surface area contributed by atoms with Crippen LogP contribution in [0.5, 0.6) is 16.7 Å².